The minimum atomic E-state index is -4.49. The number of carbonyl (C=O) groups excluding carboxylic acids is 3. The Morgan fingerprint density at radius 3 is 2.45 bits per heavy atom. The van der Waals surface area contributed by atoms with Crippen molar-refractivity contribution < 1.29 is 46.8 Å². The first kappa shape index (κ1) is 39.0. The zero-order chi connectivity index (χ0) is 38.7. The summed E-state index contributed by atoms with van der Waals surface area (Å²) in [5.41, 5.74) is -0.511. The summed E-state index contributed by atoms with van der Waals surface area (Å²) in [7, 11) is -2.93. The van der Waals surface area contributed by atoms with Crippen molar-refractivity contribution >= 4 is 36.0 Å². The zero-order valence-electron chi connectivity index (χ0n) is 31.0. The van der Waals surface area contributed by atoms with Gasteiger partial charge >= 0.3 is 6.09 Å². The molecule has 2 aliphatic heterocycles. The molecule has 0 spiro atoms. The van der Waals surface area contributed by atoms with E-state index in [9.17, 15) is 32.6 Å². The first-order chi connectivity index (χ1) is 26.5. The fourth-order valence-corrected chi connectivity index (χ4v) is 11.1. The predicted molar refractivity (Wildman–Crippen MR) is 200 cm³/mol. The number of alkyl carbamates (subject to hydrolysis) is 1. The Morgan fingerprint density at radius 2 is 1.71 bits per heavy atom. The number of nitrogens with one attached hydrogen (secondary N) is 2. The van der Waals surface area contributed by atoms with Crippen LogP contribution in [0.15, 0.2) is 48.7 Å². The lowest BCUT2D eigenvalue weighted by Gasteiger charge is -2.31. The van der Waals surface area contributed by atoms with Gasteiger partial charge in [-0.1, -0.05) is 38.2 Å². The Labute approximate surface area is 319 Å². The molecule has 6 atom stereocenters. The maximum Gasteiger partial charge on any atom is 0.408 e. The molecule has 4 aliphatic rings. The number of amides is 3. The number of benzene rings is 2. The van der Waals surface area contributed by atoms with Gasteiger partial charge in [-0.2, -0.15) is 0 Å². The number of fused-ring (bicyclic) bond motifs is 3. The van der Waals surface area contributed by atoms with Gasteiger partial charge in [-0.05, 0) is 92.6 Å². The van der Waals surface area contributed by atoms with Crippen LogP contribution in [0.2, 0.25) is 0 Å². The number of ether oxygens (including phenoxy) is 3. The Bertz CT molecular complexity index is 1940. The Hall–Kier alpha value is -4.29. The minimum absolute atomic E-state index is 0.0173. The van der Waals surface area contributed by atoms with Crippen LogP contribution in [-0.2, 0) is 25.1 Å². The van der Waals surface area contributed by atoms with Crippen molar-refractivity contribution in [2.75, 3.05) is 13.7 Å². The van der Waals surface area contributed by atoms with Crippen molar-refractivity contribution in [1.82, 2.24) is 20.5 Å². The largest absolute Gasteiger partial charge is 0.497 e. The number of methoxy groups -OCH3 is 1. The van der Waals surface area contributed by atoms with Crippen LogP contribution < -0.4 is 20.1 Å². The highest BCUT2D eigenvalue weighted by Gasteiger charge is 2.66. The summed E-state index contributed by atoms with van der Waals surface area (Å²) in [6.07, 6.45) is 7.45. The highest BCUT2D eigenvalue weighted by molar-refractivity contribution is 7.59. The molecule has 55 heavy (non-hydrogen) atoms. The topological polar surface area (TPSA) is 156 Å². The maximum atomic E-state index is 14.8. The van der Waals surface area contributed by atoms with Crippen LogP contribution in [0, 0.1) is 17.6 Å². The summed E-state index contributed by atoms with van der Waals surface area (Å²) >= 11 is 0. The summed E-state index contributed by atoms with van der Waals surface area (Å²) in [5.74, 6) is -2.52. The molecule has 7 rings (SSSR count). The number of hydrogen-bond acceptors (Lipinski definition) is 8. The van der Waals surface area contributed by atoms with Gasteiger partial charge in [0.25, 0.3) is 0 Å². The first-order valence-electron chi connectivity index (χ1n) is 19.4. The number of halogens is 2. The number of hydrogen-bond donors (Lipinski definition) is 3. The van der Waals surface area contributed by atoms with E-state index < -0.39 is 78.0 Å². The molecule has 4 fully saturated rings. The molecule has 3 amide bonds. The molecule has 3 aromatic rings. The van der Waals surface area contributed by atoms with E-state index in [2.05, 4.69) is 15.6 Å². The normalized spacial score (nSPS) is 27.5. The smallest absolute Gasteiger partial charge is 0.408 e. The van der Waals surface area contributed by atoms with E-state index in [1.807, 2.05) is 18.2 Å². The molecule has 2 aliphatic carbocycles. The van der Waals surface area contributed by atoms with Crippen LogP contribution >= 0.6 is 7.37 Å². The molecule has 2 saturated heterocycles. The summed E-state index contributed by atoms with van der Waals surface area (Å²) in [5, 5.41) is 5.54. The van der Waals surface area contributed by atoms with Crippen LogP contribution in [0.1, 0.15) is 89.0 Å². The molecule has 15 heteroatoms. The van der Waals surface area contributed by atoms with E-state index in [-0.39, 0.29) is 25.5 Å². The number of carbonyl (C=O) groups is 3. The van der Waals surface area contributed by atoms with Crippen LogP contribution in [0.4, 0.5) is 13.6 Å². The molecule has 0 radical (unpaired) electrons. The first-order valence-corrected chi connectivity index (χ1v) is 21.3. The summed E-state index contributed by atoms with van der Waals surface area (Å²) in [4.78, 5) is 59.7. The summed E-state index contributed by atoms with van der Waals surface area (Å²) in [6.45, 7) is -0.0331. The van der Waals surface area contributed by atoms with Crippen molar-refractivity contribution in [3.63, 3.8) is 0 Å². The van der Waals surface area contributed by atoms with Gasteiger partial charge in [0, 0.05) is 23.6 Å². The average molecular weight is 783 g/mol. The van der Waals surface area contributed by atoms with Crippen molar-refractivity contribution in [3.05, 3.63) is 65.9 Å². The zero-order valence-corrected chi connectivity index (χ0v) is 31.9. The summed E-state index contributed by atoms with van der Waals surface area (Å²) in [6, 6.07) is 8.35. The monoisotopic (exact) mass is 782 g/mol. The second-order valence-electron chi connectivity index (χ2n) is 15.4. The Morgan fingerprint density at radius 1 is 1.00 bits per heavy atom. The van der Waals surface area contributed by atoms with Gasteiger partial charge in [-0.3, -0.25) is 14.2 Å². The SMILES string of the molecule is COc1ccc2c(O[C@@H]3C[C@H]4C(=O)N[C@]5(P(=O)(O)Cc6c(F)cccc6F)C[C@@H]5CCCCCCC[C@H](NC(=O)OC5CCCC5)C(=O)N4C3)nccc2c1. The quantitative estimate of drug-likeness (QED) is 0.206. The molecule has 12 nitrogen and oxygen atoms in total. The Balaban J connectivity index is 1.19. The van der Waals surface area contributed by atoms with Crippen LogP contribution in [-0.4, -0.2) is 75.9 Å². The average Bonchev–Trinajstić information content (AvgIpc) is 3.43. The molecule has 0 bridgehead atoms. The van der Waals surface area contributed by atoms with Crippen molar-refractivity contribution in [1.29, 1.82) is 0 Å². The third kappa shape index (κ3) is 8.45. The molecular formula is C40H49F2N4O8P. The van der Waals surface area contributed by atoms with Crippen molar-refractivity contribution in [2.24, 2.45) is 5.92 Å². The van der Waals surface area contributed by atoms with Crippen molar-refractivity contribution in [3.8, 4) is 11.6 Å². The third-order valence-electron chi connectivity index (χ3n) is 11.7. The van der Waals surface area contributed by atoms with E-state index in [4.69, 9.17) is 14.2 Å². The lowest BCUT2D eigenvalue weighted by molar-refractivity contribution is -0.140. The van der Waals surface area contributed by atoms with Crippen LogP contribution in [0.3, 0.4) is 0 Å². The van der Waals surface area contributed by atoms with Crippen LogP contribution in [0.25, 0.3) is 10.8 Å². The van der Waals surface area contributed by atoms with Gasteiger partial charge in [0.2, 0.25) is 25.1 Å². The lowest BCUT2D eigenvalue weighted by atomic mass is 10.0. The number of aromatic nitrogens is 1. The fourth-order valence-electron chi connectivity index (χ4n) is 8.60. The number of pyridine rings is 1. The molecular weight excluding hydrogens is 733 g/mol. The van der Waals surface area contributed by atoms with E-state index in [1.165, 1.54) is 11.0 Å². The number of rotatable bonds is 8. The second kappa shape index (κ2) is 16.4. The minimum Gasteiger partial charge on any atom is -0.497 e. The van der Waals surface area contributed by atoms with Crippen LogP contribution in [0.5, 0.6) is 11.6 Å². The Kier molecular flexibility index (Phi) is 11.6. The van der Waals surface area contributed by atoms with E-state index in [0.717, 1.165) is 68.9 Å². The highest BCUT2D eigenvalue weighted by Crippen LogP contribution is 2.71. The number of nitrogens with zero attached hydrogens (tertiary/aromatic N) is 2. The summed E-state index contributed by atoms with van der Waals surface area (Å²) < 4.78 is 61.4. The lowest BCUT2D eigenvalue weighted by Crippen LogP contribution is -2.55. The molecule has 1 aromatic heterocycles. The predicted octanol–water partition coefficient (Wildman–Crippen LogP) is 6.95. The second-order valence-corrected chi connectivity index (χ2v) is 17.9. The van der Waals surface area contributed by atoms with E-state index >= 15 is 0 Å². The molecule has 296 valence electrons. The van der Waals surface area contributed by atoms with E-state index in [1.54, 1.807) is 19.4 Å². The molecule has 2 aromatic carbocycles. The standard InChI is InChI=1S/C40H49F2N4O8P/c1-52-28-16-17-30-25(20-28)18-19-43-37(30)53-29-21-35-36(47)45-40(55(50,51)24-31-32(41)13-9-14-33(31)42)22-26(40)10-5-3-2-4-6-15-34(38(48)46(35)23-29)44-39(49)54-27-11-7-8-12-27/h9,13-14,16-20,26-27,29,34-35H,2-8,10-12,15,21-24H2,1H3,(H,44,49)(H,45,47)(H,50,51)/t26-,29+,34-,35-,40-/m0/s1. The maximum absolute atomic E-state index is 14.8. The van der Waals surface area contributed by atoms with E-state index in [0.29, 0.717) is 36.3 Å². The van der Waals surface area contributed by atoms with Gasteiger partial charge in [0.1, 0.15) is 47.0 Å². The van der Waals surface area contributed by atoms with Gasteiger partial charge in [-0.25, -0.2) is 18.6 Å². The fraction of sp³-hybridized carbons (Fsp3) is 0.550. The molecule has 2 saturated carbocycles. The van der Waals surface area contributed by atoms with Gasteiger partial charge in [0.05, 0.1) is 19.8 Å². The molecule has 1 unspecified atom stereocenters. The van der Waals surface area contributed by atoms with Gasteiger partial charge in [-0.15, -0.1) is 0 Å². The van der Waals surface area contributed by atoms with Gasteiger partial charge in [0.15, 0.2) is 0 Å². The van der Waals surface area contributed by atoms with Gasteiger partial charge < -0.3 is 34.6 Å². The molecule has 3 heterocycles. The molecule has 3 N–H and O–H groups in total. The highest BCUT2D eigenvalue weighted by atomic mass is 31.2. The third-order valence-corrected chi connectivity index (χ3v) is 14.4. The van der Waals surface area contributed by atoms with Crippen molar-refractivity contribution in [2.45, 2.75) is 119 Å².